The SMILES string of the molecule is COc1ccc(C(=O)N2CCC3(CC2)SCCN3C(=O)c2cccs2)cc1. The van der Waals surface area contributed by atoms with E-state index in [1.54, 1.807) is 7.11 Å². The lowest BCUT2D eigenvalue weighted by Crippen LogP contribution is -2.53. The maximum Gasteiger partial charge on any atom is 0.265 e. The molecule has 142 valence electrons. The fourth-order valence-corrected chi connectivity index (χ4v) is 5.95. The van der Waals surface area contributed by atoms with E-state index in [9.17, 15) is 9.59 Å². The predicted octanol–water partition coefficient (Wildman–Crippen LogP) is 3.58. The molecule has 1 aromatic heterocycles. The lowest BCUT2D eigenvalue weighted by Gasteiger charge is -2.44. The van der Waals surface area contributed by atoms with Crippen LogP contribution in [-0.4, -0.2) is 59.0 Å². The Balaban J connectivity index is 1.44. The number of carbonyl (C=O) groups excluding carboxylic acids is 2. The zero-order valence-electron chi connectivity index (χ0n) is 15.2. The van der Waals surface area contributed by atoms with Crippen molar-refractivity contribution in [1.82, 2.24) is 9.80 Å². The van der Waals surface area contributed by atoms with E-state index in [0.717, 1.165) is 35.8 Å². The Bertz CT molecular complexity index is 812. The molecule has 0 radical (unpaired) electrons. The summed E-state index contributed by atoms with van der Waals surface area (Å²) >= 11 is 3.36. The Kier molecular flexibility index (Phi) is 5.14. The number of thioether (sulfide) groups is 1. The first-order valence-corrected chi connectivity index (χ1v) is 10.9. The average molecular weight is 403 g/mol. The highest BCUT2D eigenvalue weighted by molar-refractivity contribution is 8.00. The fraction of sp³-hybridized carbons (Fsp3) is 0.400. The minimum Gasteiger partial charge on any atom is -0.497 e. The molecule has 0 N–H and O–H groups in total. The van der Waals surface area contributed by atoms with Crippen molar-refractivity contribution in [3.8, 4) is 5.75 Å². The highest BCUT2D eigenvalue weighted by Crippen LogP contribution is 2.45. The van der Waals surface area contributed by atoms with E-state index in [1.165, 1.54) is 11.3 Å². The van der Waals surface area contributed by atoms with Gasteiger partial charge in [0.15, 0.2) is 0 Å². The van der Waals surface area contributed by atoms with Gasteiger partial charge in [0.1, 0.15) is 5.75 Å². The van der Waals surface area contributed by atoms with Crippen molar-refractivity contribution < 1.29 is 14.3 Å². The van der Waals surface area contributed by atoms with Gasteiger partial charge in [-0.3, -0.25) is 9.59 Å². The van der Waals surface area contributed by atoms with Gasteiger partial charge in [0.05, 0.1) is 16.9 Å². The Morgan fingerprint density at radius 2 is 1.78 bits per heavy atom. The van der Waals surface area contributed by atoms with Gasteiger partial charge in [0.25, 0.3) is 11.8 Å². The molecule has 7 heteroatoms. The molecule has 0 unspecified atom stereocenters. The van der Waals surface area contributed by atoms with Gasteiger partial charge in [0, 0.05) is 31.0 Å². The molecule has 2 fully saturated rings. The van der Waals surface area contributed by atoms with Gasteiger partial charge in [0.2, 0.25) is 0 Å². The van der Waals surface area contributed by atoms with E-state index in [0.29, 0.717) is 18.7 Å². The van der Waals surface area contributed by atoms with E-state index in [1.807, 2.05) is 63.3 Å². The van der Waals surface area contributed by atoms with Crippen LogP contribution in [0.5, 0.6) is 5.75 Å². The summed E-state index contributed by atoms with van der Waals surface area (Å²) in [6, 6.07) is 11.1. The third-order valence-corrected chi connectivity index (χ3v) is 7.73. The number of likely N-dealkylation sites (tertiary alicyclic amines) is 1. The summed E-state index contributed by atoms with van der Waals surface area (Å²) < 4.78 is 5.16. The number of benzene rings is 1. The van der Waals surface area contributed by atoms with E-state index in [-0.39, 0.29) is 16.7 Å². The first kappa shape index (κ1) is 18.4. The highest BCUT2D eigenvalue weighted by atomic mass is 32.2. The molecule has 0 bridgehead atoms. The van der Waals surface area contributed by atoms with Gasteiger partial charge in [-0.15, -0.1) is 23.1 Å². The van der Waals surface area contributed by atoms with Crippen molar-refractivity contribution in [3.05, 3.63) is 52.2 Å². The van der Waals surface area contributed by atoms with E-state index >= 15 is 0 Å². The largest absolute Gasteiger partial charge is 0.497 e. The second-order valence-electron chi connectivity index (χ2n) is 6.75. The summed E-state index contributed by atoms with van der Waals surface area (Å²) in [5.41, 5.74) is 0.678. The van der Waals surface area contributed by atoms with Gasteiger partial charge >= 0.3 is 0 Å². The van der Waals surface area contributed by atoms with Crippen LogP contribution in [-0.2, 0) is 0 Å². The summed E-state index contributed by atoms with van der Waals surface area (Å²) in [4.78, 5) is 30.3. The first-order valence-electron chi connectivity index (χ1n) is 9.06. The minimum absolute atomic E-state index is 0.0478. The summed E-state index contributed by atoms with van der Waals surface area (Å²) in [5.74, 6) is 1.88. The van der Waals surface area contributed by atoms with E-state index in [4.69, 9.17) is 4.74 Å². The zero-order valence-corrected chi connectivity index (χ0v) is 16.9. The maximum absolute atomic E-state index is 12.9. The lowest BCUT2D eigenvalue weighted by atomic mass is 10.0. The number of ether oxygens (including phenoxy) is 1. The van der Waals surface area contributed by atoms with Crippen molar-refractivity contribution >= 4 is 34.9 Å². The average Bonchev–Trinajstić information content (AvgIpc) is 3.38. The normalized spacial score (nSPS) is 18.7. The highest BCUT2D eigenvalue weighted by Gasteiger charge is 2.47. The summed E-state index contributed by atoms with van der Waals surface area (Å²) in [6.07, 6.45) is 1.63. The minimum atomic E-state index is -0.169. The molecular weight excluding hydrogens is 380 g/mol. The van der Waals surface area contributed by atoms with Crippen LogP contribution in [0.2, 0.25) is 0 Å². The monoisotopic (exact) mass is 402 g/mol. The van der Waals surface area contributed by atoms with Crippen molar-refractivity contribution in [2.24, 2.45) is 0 Å². The number of hydrogen-bond acceptors (Lipinski definition) is 5. The number of hydrogen-bond donors (Lipinski definition) is 0. The molecule has 2 aromatic rings. The Labute approximate surface area is 167 Å². The molecule has 2 saturated heterocycles. The van der Waals surface area contributed by atoms with Gasteiger partial charge < -0.3 is 14.5 Å². The van der Waals surface area contributed by atoms with Crippen LogP contribution in [0.25, 0.3) is 0 Å². The molecule has 1 spiro atoms. The van der Waals surface area contributed by atoms with Gasteiger partial charge in [-0.05, 0) is 48.6 Å². The molecule has 0 atom stereocenters. The van der Waals surface area contributed by atoms with Crippen LogP contribution >= 0.6 is 23.1 Å². The van der Waals surface area contributed by atoms with Crippen LogP contribution in [0.15, 0.2) is 41.8 Å². The summed E-state index contributed by atoms with van der Waals surface area (Å²) in [6.45, 7) is 2.13. The smallest absolute Gasteiger partial charge is 0.265 e. The summed E-state index contributed by atoms with van der Waals surface area (Å²) in [7, 11) is 1.61. The van der Waals surface area contributed by atoms with Crippen LogP contribution in [0.3, 0.4) is 0 Å². The number of piperidine rings is 1. The molecule has 5 nitrogen and oxygen atoms in total. The molecule has 3 heterocycles. The van der Waals surface area contributed by atoms with Gasteiger partial charge in [-0.2, -0.15) is 0 Å². The third-order valence-electron chi connectivity index (χ3n) is 5.32. The molecule has 0 aliphatic carbocycles. The standard InChI is InChI=1S/C20H22N2O3S2/c1-25-16-6-4-15(5-7-16)18(23)21-10-8-20(9-11-21)22(12-14-27-20)19(24)17-3-2-13-26-17/h2-7,13H,8-12,14H2,1H3. The second-order valence-corrected chi connectivity index (χ2v) is 9.15. The van der Waals surface area contributed by atoms with Crippen LogP contribution < -0.4 is 4.74 Å². The quantitative estimate of drug-likeness (QED) is 0.787. The number of carbonyl (C=O) groups is 2. The van der Waals surface area contributed by atoms with Crippen molar-refractivity contribution in [1.29, 1.82) is 0 Å². The number of thiophene rings is 1. The molecule has 27 heavy (non-hydrogen) atoms. The van der Waals surface area contributed by atoms with Crippen LogP contribution in [0.4, 0.5) is 0 Å². The molecule has 2 aliphatic heterocycles. The Morgan fingerprint density at radius 3 is 2.41 bits per heavy atom. The second kappa shape index (κ2) is 7.56. The van der Waals surface area contributed by atoms with E-state index < -0.39 is 0 Å². The molecule has 2 aliphatic rings. The van der Waals surface area contributed by atoms with Gasteiger partial charge in [-0.25, -0.2) is 0 Å². The van der Waals surface area contributed by atoms with E-state index in [2.05, 4.69) is 0 Å². The zero-order chi connectivity index (χ0) is 18.9. The molecule has 1 aromatic carbocycles. The molecule has 2 amide bonds. The van der Waals surface area contributed by atoms with Crippen molar-refractivity contribution in [2.45, 2.75) is 17.7 Å². The third kappa shape index (κ3) is 3.46. The first-order chi connectivity index (χ1) is 13.1. The molecule has 4 rings (SSSR count). The van der Waals surface area contributed by atoms with Crippen molar-refractivity contribution in [2.75, 3.05) is 32.5 Å². The lowest BCUT2D eigenvalue weighted by molar-refractivity contribution is 0.0501. The topological polar surface area (TPSA) is 49.9 Å². The Morgan fingerprint density at radius 1 is 1.04 bits per heavy atom. The summed E-state index contributed by atoms with van der Waals surface area (Å²) in [5, 5.41) is 1.94. The number of rotatable bonds is 3. The number of nitrogens with zero attached hydrogens (tertiary/aromatic N) is 2. The molecule has 0 saturated carbocycles. The maximum atomic E-state index is 12.9. The van der Waals surface area contributed by atoms with Crippen LogP contribution in [0, 0.1) is 0 Å². The fourth-order valence-electron chi connectivity index (χ4n) is 3.82. The number of methoxy groups -OCH3 is 1. The predicted molar refractivity (Wildman–Crippen MR) is 109 cm³/mol. The molecular formula is C20H22N2O3S2. The number of amides is 2. The van der Waals surface area contributed by atoms with Crippen LogP contribution in [0.1, 0.15) is 32.9 Å². The van der Waals surface area contributed by atoms with Gasteiger partial charge in [-0.1, -0.05) is 6.07 Å². The Hall–Kier alpha value is -1.99. The van der Waals surface area contributed by atoms with Crippen molar-refractivity contribution in [3.63, 3.8) is 0 Å².